The fraction of sp³-hybridized carbons (Fsp3) is 0.678. The third-order valence-corrected chi connectivity index (χ3v) is 11.0. The molecule has 0 saturated heterocycles. The fourth-order valence-electron chi connectivity index (χ4n) is 7.02. The first kappa shape index (κ1) is 61.3. The Bertz CT molecular complexity index is 1310. The number of ether oxygens (including phenoxy) is 3. The van der Waals surface area contributed by atoms with Gasteiger partial charge in [-0.2, -0.15) is 0 Å². The lowest BCUT2D eigenvalue weighted by atomic mass is 10.1. The van der Waals surface area contributed by atoms with Crippen LogP contribution >= 0.6 is 0 Å². The number of carbonyl (C=O) groups is 3. The SMILES string of the molecule is CC/C=C\C/C=C\C/C=C\C/C=C\CCCCC(=O)O[C@H](COC(=O)CCCC/C=C\C/C=C\C/C=C\CCCCC)COC(=O)CCCCCCCCC/C=C\CCCCCCCC. The van der Waals surface area contributed by atoms with E-state index in [0.29, 0.717) is 19.3 Å². The van der Waals surface area contributed by atoms with Crippen molar-refractivity contribution in [1.82, 2.24) is 0 Å². The van der Waals surface area contributed by atoms with E-state index in [2.05, 4.69) is 118 Å². The van der Waals surface area contributed by atoms with Gasteiger partial charge < -0.3 is 14.2 Å². The molecule has 65 heavy (non-hydrogen) atoms. The minimum Gasteiger partial charge on any atom is -0.462 e. The van der Waals surface area contributed by atoms with E-state index in [4.69, 9.17) is 14.2 Å². The van der Waals surface area contributed by atoms with Crippen LogP contribution in [-0.2, 0) is 28.6 Å². The Morgan fingerprint density at radius 3 is 1.02 bits per heavy atom. The largest absolute Gasteiger partial charge is 0.462 e. The normalized spacial score (nSPS) is 12.8. The van der Waals surface area contributed by atoms with Crippen LogP contribution in [0.1, 0.15) is 239 Å². The van der Waals surface area contributed by atoms with E-state index < -0.39 is 6.10 Å². The predicted octanol–water partition coefficient (Wildman–Crippen LogP) is 17.8. The van der Waals surface area contributed by atoms with Gasteiger partial charge in [-0.25, -0.2) is 0 Å². The Morgan fingerprint density at radius 2 is 0.600 bits per heavy atom. The first-order chi connectivity index (χ1) is 32.0. The summed E-state index contributed by atoms with van der Waals surface area (Å²) in [5, 5.41) is 0. The predicted molar refractivity (Wildman–Crippen MR) is 279 cm³/mol. The minimum atomic E-state index is -0.817. The molecule has 0 heterocycles. The third-order valence-electron chi connectivity index (χ3n) is 11.0. The second-order valence-electron chi connectivity index (χ2n) is 17.4. The van der Waals surface area contributed by atoms with Crippen LogP contribution in [-0.4, -0.2) is 37.2 Å². The molecule has 0 aromatic rings. The molecule has 0 spiro atoms. The molecule has 0 rings (SSSR count). The summed E-state index contributed by atoms with van der Waals surface area (Å²) in [4.78, 5) is 38.0. The molecule has 0 saturated carbocycles. The smallest absolute Gasteiger partial charge is 0.306 e. The Labute approximate surface area is 400 Å². The summed E-state index contributed by atoms with van der Waals surface area (Å²) in [5.74, 6) is -0.997. The summed E-state index contributed by atoms with van der Waals surface area (Å²) in [7, 11) is 0. The van der Waals surface area contributed by atoms with E-state index in [1.54, 1.807) is 0 Å². The van der Waals surface area contributed by atoms with Crippen LogP contribution in [0.5, 0.6) is 0 Å². The second-order valence-corrected chi connectivity index (χ2v) is 17.4. The molecule has 0 fully saturated rings. The highest BCUT2D eigenvalue weighted by molar-refractivity contribution is 5.71. The molecule has 0 aliphatic carbocycles. The van der Waals surface area contributed by atoms with Gasteiger partial charge in [0.25, 0.3) is 0 Å². The van der Waals surface area contributed by atoms with Crippen LogP contribution in [0, 0.1) is 0 Å². The zero-order valence-electron chi connectivity index (χ0n) is 42.2. The number of rotatable bonds is 47. The van der Waals surface area contributed by atoms with Gasteiger partial charge in [-0.3, -0.25) is 14.4 Å². The van der Waals surface area contributed by atoms with Gasteiger partial charge in [-0.05, 0) is 122 Å². The molecular formula is C59H98O6. The van der Waals surface area contributed by atoms with Gasteiger partial charge in [-0.1, -0.05) is 195 Å². The molecule has 0 N–H and O–H groups in total. The van der Waals surface area contributed by atoms with Gasteiger partial charge in [0, 0.05) is 19.3 Å². The number of esters is 3. The lowest BCUT2D eigenvalue weighted by Crippen LogP contribution is -2.30. The standard InChI is InChI=1S/C59H98O6/c1-4-7-10-13-16-19-22-25-28-29-32-34-37-40-43-46-49-52-58(61)64-55-56(65-59(62)53-50-47-44-41-38-35-31-27-24-21-18-15-12-9-6-3)54-63-57(60)51-48-45-42-39-36-33-30-26-23-20-17-14-11-8-5-2/h9,12,17-18,20-21,25-28,30-31,36,38-39,41,56H,4-8,10-11,13-16,19,22-24,29,32-35,37,40,42-55H2,1-3H3/b12-9-,20-17-,21-18-,28-25-,30-26-,31-27-,39-36-,41-38-/t56-/m1/s1. The Hall–Kier alpha value is -3.67. The summed E-state index contributed by atoms with van der Waals surface area (Å²) in [5.41, 5.74) is 0. The molecule has 0 aliphatic rings. The van der Waals surface area contributed by atoms with Crippen molar-refractivity contribution in [3.8, 4) is 0 Å². The van der Waals surface area contributed by atoms with E-state index in [1.165, 1.54) is 103 Å². The first-order valence-corrected chi connectivity index (χ1v) is 26.7. The van der Waals surface area contributed by atoms with Crippen molar-refractivity contribution < 1.29 is 28.6 Å². The van der Waals surface area contributed by atoms with Crippen LogP contribution in [0.3, 0.4) is 0 Å². The van der Waals surface area contributed by atoms with Gasteiger partial charge in [0.1, 0.15) is 13.2 Å². The van der Waals surface area contributed by atoms with Crippen LogP contribution in [0.2, 0.25) is 0 Å². The van der Waals surface area contributed by atoms with E-state index in [9.17, 15) is 14.4 Å². The average Bonchev–Trinajstić information content (AvgIpc) is 3.30. The van der Waals surface area contributed by atoms with Gasteiger partial charge in [-0.15, -0.1) is 0 Å². The Kier molecular flexibility index (Phi) is 50.0. The van der Waals surface area contributed by atoms with Gasteiger partial charge in [0.2, 0.25) is 0 Å². The minimum absolute atomic E-state index is 0.109. The molecule has 0 bridgehead atoms. The van der Waals surface area contributed by atoms with E-state index in [-0.39, 0.29) is 37.5 Å². The number of carbonyl (C=O) groups excluding carboxylic acids is 3. The van der Waals surface area contributed by atoms with Crippen molar-refractivity contribution >= 4 is 17.9 Å². The molecule has 1 atom stereocenters. The topological polar surface area (TPSA) is 78.9 Å². The average molecular weight is 903 g/mol. The number of unbranched alkanes of at least 4 members (excludes halogenated alkanes) is 20. The van der Waals surface area contributed by atoms with E-state index >= 15 is 0 Å². The summed E-state index contributed by atoms with van der Waals surface area (Å²) in [6.45, 7) is 6.41. The Morgan fingerprint density at radius 1 is 0.323 bits per heavy atom. The molecule has 370 valence electrons. The number of hydrogen-bond donors (Lipinski definition) is 0. The summed E-state index contributed by atoms with van der Waals surface area (Å²) < 4.78 is 16.7. The highest BCUT2D eigenvalue weighted by atomic mass is 16.6. The highest BCUT2D eigenvalue weighted by Crippen LogP contribution is 2.13. The zero-order valence-corrected chi connectivity index (χ0v) is 42.2. The monoisotopic (exact) mass is 903 g/mol. The number of allylic oxidation sites excluding steroid dienone is 16. The fourth-order valence-corrected chi connectivity index (χ4v) is 7.02. The molecule has 0 amide bonds. The number of hydrogen-bond acceptors (Lipinski definition) is 6. The van der Waals surface area contributed by atoms with Crippen LogP contribution < -0.4 is 0 Å². The van der Waals surface area contributed by atoms with Gasteiger partial charge >= 0.3 is 17.9 Å². The van der Waals surface area contributed by atoms with Crippen molar-refractivity contribution in [2.75, 3.05) is 13.2 Å². The summed E-state index contributed by atoms with van der Waals surface area (Å²) in [6, 6.07) is 0. The van der Waals surface area contributed by atoms with Gasteiger partial charge in [0.05, 0.1) is 0 Å². The molecular weight excluding hydrogens is 805 g/mol. The molecule has 0 radical (unpaired) electrons. The molecule has 6 nitrogen and oxygen atoms in total. The van der Waals surface area contributed by atoms with Crippen LogP contribution in [0.4, 0.5) is 0 Å². The lowest BCUT2D eigenvalue weighted by molar-refractivity contribution is -0.167. The maximum Gasteiger partial charge on any atom is 0.306 e. The van der Waals surface area contributed by atoms with Crippen molar-refractivity contribution in [2.45, 2.75) is 245 Å². The van der Waals surface area contributed by atoms with Crippen molar-refractivity contribution in [3.63, 3.8) is 0 Å². The van der Waals surface area contributed by atoms with Crippen molar-refractivity contribution in [1.29, 1.82) is 0 Å². The highest BCUT2D eigenvalue weighted by Gasteiger charge is 2.19. The van der Waals surface area contributed by atoms with Gasteiger partial charge in [0.15, 0.2) is 6.10 Å². The van der Waals surface area contributed by atoms with E-state index in [1.807, 2.05) is 0 Å². The quantitative estimate of drug-likeness (QED) is 0.0262. The molecule has 0 aliphatic heterocycles. The maximum absolute atomic E-state index is 12.8. The van der Waals surface area contributed by atoms with Crippen molar-refractivity contribution in [2.24, 2.45) is 0 Å². The zero-order chi connectivity index (χ0) is 47.2. The van der Waals surface area contributed by atoms with Crippen LogP contribution in [0.25, 0.3) is 0 Å². The maximum atomic E-state index is 12.8. The van der Waals surface area contributed by atoms with Crippen LogP contribution in [0.15, 0.2) is 97.2 Å². The third kappa shape index (κ3) is 51.2. The van der Waals surface area contributed by atoms with Crippen molar-refractivity contribution in [3.05, 3.63) is 97.2 Å². The lowest BCUT2D eigenvalue weighted by Gasteiger charge is -2.18. The summed E-state index contributed by atoms with van der Waals surface area (Å²) >= 11 is 0. The second kappa shape index (κ2) is 52.9. The van der Waals surface area contributed by atoms with E-state index in [0.717, 1.165) is 89.9 Å². The Balaban J connectivity index is 4.51. The molecule has 0 unspecified atom stereocenters. The first-order valence-electron chi connectivity index (χ1n) is 26.7. The summed E-state index contributed by atoms with van der Waals surface area (Å²) in [6.07, 6.45) is 69.7. The molecule has 0 aromatic heterocycles. The molecule has 6 heteroatoms. The molecule has 0 aromatic carbocycles.